The molecule has 0 unspecified atom stereocenters. The van der Waals surface area contributed by atoms with Gasteiger partial charge in [-0.3, -0.25) is 4.79 Å². The molecular formula is C15H22N6OS. The second kappa shape index (κ2) is 7.36. The number of aromatic nitrogens is 3. The molecule has 2 heterocycles. The largest absolute Gasteiger partial charge is 0.368 e. The van der Waals surface area contributed by atoms with E-state index >= 15 is 0 Å². The second-order valence-electron chi connectivity index (χ2n) is 5.38. The SMILES string of the molecule is Cc1nc(NCCNC(=O)c2sc(C)nc2C)cc(N(C)C)n1. The molecule has 0 aliphatic rings. The molecule has 0 saturated heterocycles. The Balaban J connectivity index is 1.86. The number of aryl methyl sites for hydroxylation is 3. The minimum Gasteiger partial charge on any atom is -0.368 e. The maximum Gasteiger partial charge on any atom is 0.263 e. The molecule has 0 radical (unpaired) electrons. The predicted octanol–water partition coefficient (Wildman–Crippen LogP) is 1.77. The maximum atomic E-state index is 12.1. The van der Waals surface area contributed by atoms with E-state index in [1.165, 1.54) is 11.3 Å². The molecule has 23 heavy (non-hydrogen) atoms. The van der Waals surface area contributed by atoms with Gasteiger partial charge in [-0.15, -0.1) is 11.3 Å². The molecule has 2 rings (SSSR count). The van der Waals surface area contributed by atoms with Crippen molar-refractivity contribution < 1.29 is 4.79 Å². The van der Waals surface area contributed by atoms with Crippen molar-refractivity contribution in [1.82, 2.24) is 20.3 Å². The summed E-state index contributed by atoms with van der Waals surface area (Å²) in [5, 5.41) is 6.99. The minimum absolute atomic E-state index is 0.0808. The second-order valence-corrected chi connectivity index (χ2v) is 6.59. The number of nitrogens with one attached hydrogen (secondary N) is 2. The zero-order chi connectivity index (χ0) is 17.0. The zero-order valence-corrected chi connectivity index (χ0v) is 14.9. The number of hydrogen-bond donors (Lipinski definition) is 2. The third kappa shape index (κ3) is 4.62. The maximum absolute atomic E-state index is 12.1. The third-order valence-corrected chi connectivity index (χ3v) is 4.18. The molecule has 0 aliphatic carbocycles. The van der Waals surface area contributed by atoms with Gasteiger partial charge in [-0.1, -0.05) is 0 Å². The van der Waals surface area contributed by atoms with Crippen molar-refractivity contribution in [2.75, 3.05) is 37.4 Å². The van der Waals surface area contributed by atoms with Gasteiger partial charge >= 0.3 is 0 Å². The predicted molar refractivity (Wildman–Crippen MR) is 93.5 cm³/mol. The molecule has 0 fully saturated rings. The van der Waals surface area contributed by atoms with Gasteiger partial charge in [-0.25, -0.2) is 15.0 Å². The van der Waals surface area contributed by atoms with Crippen molar-refractivity contribution >= 4 is 28.9 Å². The Labute approximate surface area is 140 Å². The Morgan fingerprint density at radius 3 is 2.52 bits per heavy atom. The Hall–Kier alpha value is -2.22. The Morgan fingerprint density at radius 1 is 1.17 bits per heavy atom. The smallest absolute Gasteiger partial charge is 0.263 e. The number of anilines is 2. The van der Waals surface area contributed by atoms with Crippen molar-refractivity contribution in [3.8, 4) is 0 Å². The van der Waals surface area contributed by atoms with E-state index in [1.54, 1.807) is 0 Å². The van der Waals surface area contributed by atoms with Gasteiger partial charge in [0.15, 0.2) is 0 Å². The van der Waals surface area contributed by atoms with Gasteiger partial charge in [-0.2, -0.15) is 0 Å². The highest BCUT2D eigenvalue weighted by Gasteiger charge is 2.12. The average molecular weight is 334 g/mol. The molecule has 7 nitrogen and oxygen atoms in total. The summed E-state index contributed by atoms with van der Waals surface area (Å²) in [6.45, 7) is 6.70. The molecular weight excluding hydrogens is 312 g/mol. The van der Waals surface area contributed by atoms with Crippen LogP contribution in [0.3, 0.4) is 0 Å². The highest BCUT2D eigenvalue weighted by Crippen LogP contribution is 2.16. The summed E-state index contributed by atoms with van der Waals surface area (Å²) in [4.78, 5) is 27.6. The van der Waals surface area contributed by atoms with Crippen LogP contribution in [-0.4, -0.2) is 48.0 Å². The Bertz CT molecular complexity index is 697. The lowest BCUT2D eigenvalue weighted by molar-refractivity contribution is 0.0958. The van der Waals surface area contributed by atoms with Crippen LogP contribution in [0, 0.1) is 20.8 Å². The number of thiazole rings is 1. The quantitative estimate of drug-likeness (QED) is 0.784. The van der Waals surface area contributed by atoms with Gasteiger partial charge < -0.3 is 15.5 Å². The standard InChI is InChI=1S/C15H22N6OS/c1-9-14(23-11(3)18-9)15(22)17-7-6-16-12-8-13(21(4)5)20-10(2)19-12/h8H,6-7H2,1-5H3,(H,17,22)(H,16,19,20). The summed E-state index contributed by atoms with van der Waals surface area (Å²) in [6, 6.07) is 1.88. The van der Waals surface area contributed by atoms with E-state index in [0.717, 1.165) is 22.3 Å². The summed E-state index contributed by atoms with van der Waals surface area (Å²) in [7, 11) is 3.87. The molecule has 0 saturated carbocycles. The summed E-state index contributed by atoms with van der Waals surface area (Å²) in [6.07, 6.45) is 0. The van der Waals surface area contributed by atoms with Crippen LogP contribution in [0.1, 0.15) is 26.2 Å². The van der Waals surface area contributed by atoms with Gasteiger partial charge in [0.25, 0.3) is 5.91 Å². The van der Waals surface area contributed by atoms with E-state index in [2.05, 4.69) is 25.6 Å². The van der Waals surface area contributed by atoms with Crippen molar-refractivity contribution in [1.29, 1.82) is 0 Å². The highest BCUT2D eigenvalue weighted by atomic mass is 32.1. The number of hydrogen-bond acceptors (Lipinski definition) is 7. The first-order valence-electron chi connectivity index (χ1n) is 7.36. The van der Waals surface area contributed by atoms with Crippen LogP contribution in [0.5, 0.6) is 0 Å². The van der Waals surface area contributed by atoms with Crippen LogP contribution in [0.4, 0.5) is 11.6 Å². The van der Waals surface area contributed by atoms with Gasteiger partial charge in [0.1, 0.15) is 22.3 Å². The normalized spacial score (nSPS) is 10.5. The fourth-order valence-corrected chi connectivity index (χ4v) is 2.90. The number of nitrogens with zero attached hydrogens (tertiary/aromatic N) is 4. The first-order valence-corrected chi connectivity index (χ1v) is 8.17. The molecule has 2 aromatic heterocycles. The van der Waals surface area contributed by atoms with E-state index in [1.807, 2.05) is 45.8 Å². The molecule has 0 spiro atoms. The Morgan fingerprint density at radius 2 is 1.91 bits per heavy atom. The van der Waals surface area contributed by atoms with Crippen LogP contribution < -0.4 is 15.5 Å². The van der Waals surface area contributed by atoms with E-state index in [4.69, 9.17) is 0 Å². The van der Waals surface area contributed by atoms with Gasteiger partial charge in [0.05, 0.1) is 10.7 Å². The lowest BCUT2D eigenvalue weighted by atomic mass is 10.3. The fraction of sp³-hybridized carbons (Fsp3) is 0.467. The van der Waals surface area contributed by atoms with Gasteiger partial charge in [0, 0.05) is 33.3 Å². The molecule has 0 atom stereocenters. The first-order chi connectivity index (χ1) is 10.9. The Kier molecular flexibility index (Phi) is 5.49. The van der Waals surface area contributed by atoms with Crippen LogP contribution in [-0.2, 0) is 0 Å². The van der Waals surface area contributed by atoms with Crippen molar-refractivity contribution in [3.63, 3.8) is 0 Å². The van der Waals surface area contributed by atoms with E-state index in [9.17, 15) is 4.79 Å². The zero-order valence-electron chi connectivity index (χ0n) is 14.1. The van der Waals surface area contributed by atoms with Crippen LogP contribution in [0.25, 0.3) is 0 Å². The van der Waals surface area contributed by atoms with E-state index in [0.29, 0.717) is 23.8 Å². The summed E-state index contributed by atoms with van der Waals surface area (Å²) < 4.78 is 0. The van der Waals surface area contributed by atoms with Crippen molar-refractivity contribution in [2.24, 2.45) is 0 Å². The highest BCUT2D eigenvalue weighted by molar-refractivity contribution is 7.13. The number of rotatable bonds is 6. The lowest BCUT2D eigenvalue weighted by Gasteiger charge is -2.14. The average Bonchev–Trinajstić information content (AvgIpc) is 2.81. The van der Waals surface area contributed by atoms with Crippen LogP contribution >= 0.6 is 11.3 Å². The molecule has 8 heteroatoms. The minimum atomic E-state index is -0.0808. The van der Waals surface area contributed by atoms with E-state index < -0.39 is 0 Å². The lowest BCUT2D eigenvalue weighted by Crippen LogP contribution is -2.28. The number of amides is 1. The summed E-state index contributed by atoms with van der Waals surface area (Å²) in [5.74, 6) is 2.22. The van der Waals surface area contributed by atoms with Gasteiger partial charge in [-0.05, 0) is 20.8 Å². The molecule has 0 aliphatic heterocycles. The first kappa shape index (κ1) is 17.1. The molecule has 2 aromatic rings. The van der Waals surface area contributed by atoms with Gasteiger partial charge in [0.2, 0.25) is 0 Å². The molecule has 0 aromatic carbocycles. The van der Waals surface area contributed by atoms with Crippen LogP contribution in [0.2, 0.25) is 0 Å². The molecule has 1 amide bonds. The topological polar surface area (TPSA) is 83.0 Å². The molecule has 0 bridgehead atoms. The molecule has 124 valence electrons. The third-order valence-electron chi connectivity index (χ3n) is 3.11. The summed E-state index contributed by atoms with van der Waals surface area (Å²) >= 11 is 1.41. The van der Waals surface area contributed by atoms with E-state index in [-0.39, 0.29) is 5.91 Å². The summed E-state index contributed by atoms with van der Waals surface area (Å²) in [5.41, 5.74) is 0.778. The van der Waals surface area contributed by atoms with Crippen molar-refractivity contribution in [2.45, 2.75) is 20.8 Å². The number of carbonyl (C=O) groups excluding carboxylic acids is 1. The monoisotopic (exact) mass is 334 g/mol. The van der Waals surface area contributed by atoms with Crippen molar-refractivity contribution in [3.05, 3.63) is 27.5 Å². The van der Waals surface area contributed by atoms with Crippen LogP contribution in [0.15, 0.2) is 6.07 Å². The number of carbonyl (C=O) groups is 1. The molecule has 2 N–H and O–H groups in total. The fourth-order valence-electron chi connectivity index (χ4n) is 2.06.